The lowest BCUT2D eigenvalue weighted by atomic mass is 10.1. The summed E-state index contributed by atoms with van der Waals surface area (Å²) in [6.45, 7) is 1.16. The number of anilines is 1. The highest BCUT2D eigenvalue weighted by molar-refractivity contribution is 5.66. The van der Waals surface area contributed by atoms with Gasteiger partial charge in [-0.3, -0.25) is 0 Å². The van der Waals surface area contributed by atoms with Gasteiger partial charge in [-0.2, -0.15) is 10.5 Å². The first-order valence-electron chi connectivity index (χ1n) is 5.19. The highest BCUT2D eigenvalue weighted by atomic mass is 16.5. The lowest BCUT2D eigenvalue weighted by Crippen LogP contribution is -2.12. The smallest absolute Gasteiger partial charge is 0.101 e. The van der Waals surface area contributed by atoms with E-state index in [1.165, 1.54) is 0 Å². The second-order valence-electron chi connectivity index (χ2n) is 3.21. The van der Waals surface area contributed by atoms with Gasteiger partial charge in [0.2, 0.25) is 0 Å². The molecule has 88 valence electrons. The predicted octanol–water partition coefficient (Wildman–Crippen LogP) is 0.851. The molecule has 1 aromatic carbocycles. The SMILES string of the molecule is N#Cc1cccc(C#N)c1NCCOCCO. The van der Waals surface area contributed by atoms with Crippen molar-refractivity contribution < 1.29 is 9.84 Å². The topological polar surface area (TPSA) is 89.1 Å². The summed E-state index contributed by atoms with van der Waals surface area (Å²) in [6.07, 6.45) is 0. The fourth-order valence-electron chi connectivity index (χ4n) is 1.34. The van der Waals surface area contributed by atoms with Gasteiger partial charge >= 0.3 is 0 Å². The molecule has 0 aliphatic carbocycles. The first kappa shape index (κ1) is 13.0. The zero-order valence-electron chi connectivity index (χ0n) is 9.31. The van der Waals surface area contributed by atoms with Gasteiger partial charge in [0, 0.05) is 6.54 Å². The maximum atomic E-state index is 8.92. The minimum atomic E-state index is -0.0156. The third-order valence-electron chi connectivity index (χ3n) is 2.09. The average Bonchev–Trinajstić information content (AvgIpc) is 2.38. The number of benzene rings is 1. The lowest BCUT2D eigenvalue weighted by molar-refractivity contribution is 0.0992. The number of nitrogens with zero attached hydrogens (tertiary/aromatic N) is 2. The van der Waals surface area contributed by atoms with Crippen LogP contribution in [0.1, 0.15) is 11.1 Å². The van der Waals surface area contributed by atoms with Gasteiger partial charge in [-0.05, 0) is 12.1 Å². The molecular formula is C12H13N3O2. The van der Waals surface area contributed by atoms with Crippen LogP contribution in [0, 0.1) is 22.7 Å². The molecule has 2 N–H and O–H groups in total. The summed E-state index contributed by atoms with van der Waals surface area (Å²) in [5.74, 6) is 0. The largest absolute Gasteiger partial charge is 0.394 e. The molecular weight excluding hydrogens is 218 g/mol. The van der Waals surface area contributed by atoms with Crippen LogP contribution >= 0.6 is 0 Å². The number of para-hydroxylation sites is 1. The number of hydrogen-bond acceptors (Lipinski definition) is 5. The Kier molecular flexibility index (Phi) is 5.53. The van der Waals surface area contributed by atoms with E-state index in [0.717, 1.165) is 0 Å². The van der Waals surface area contributed by atoms with E-state index in [2.05, 4.69) is 5.32 Å². The Labute approximate surface area is 99.9 Å². The highest BCUT2D eigenvalue weighted by Gasteiger charge is 2.06. The van der Waals surface area contributed by atoms with E-state index in [1.54, 1.807) is 18.2 Å². The predicted molar refractivity (Wildman–Crippen MR) is 62.3 cm³/mol. The Bertz CT molecular complexity index is 414. The van der Waals surface area contributed by atoms with Gasteiger partial charge in [0.1, 0.15) is 12.1 Å². The van der Waals surface area contributed by atoms with Crippen LogP contribution in [0.25, 0.3) is 0 Å². The molecule has 0 atom stereocenters. The fourth-order valence-corrected chi connectivity index (χ4v) is 1.34. The molecule has 0 heterocycles. The van der Waals surface area contributed by atoms with Crippen molar-refractivity contribution in [3.8, 4) is 12.1 Å². The zero-order chi connectivity index (χ0) is 12.5. The summed E-state index contributed by atoms with van der Waals surface area (Å²) < 4.78 is 5.07. The Morgan fingerprint density at radius 3 is 2.35 bits per heavy atom. The third kappa shape index (κ3) is 3.76. The molecule has 5 heteroatoms. The number of aliphatic hydroxyl groups is 1. The average molecular weight is 231 g/mol. The van der Waals surface area contributed by atoms with Crippen LogP contribution in [0.5, 0.6) is 0 Å². The fraction of sp³-hybridized carbons (Fsp3) is 0.333. The highest BCUT2D eigenvalue weighted by Crippen LogP contribution is 2.19. The van der Waals surface area contributed by atoms with Crippen molar-refractivity contribution in [1.82, 2.24) is 0 Å². The maximum Gasteiger partial charge on any atom is 0.101 e. The monoisotopic (exact) mass is 231 g/mol. The van der Waals surface area contributed by atoms with Crippen molar-refractivity contribution >= 4 is 5.69 Å². The summed E-state index contributed by atoms with van der Waals surface area (Å²) in [7, 11) is 0. The molecule has 1 aromatic rings. The van der Waals surface area contributed by atoms with E-state index in [1.807, 2.05) is 12.1 Å². The van der Waals surface area contributed by atoms with Crippen molar-refractivity contribution in [3.63, 3.8) is 0 Å². The number of rotatable bonds is 6. The summed E-state index contributed by atoms with van der Waals surface area (Å²) in [5.41, 5.74) is 1.41. The van der Waals surface area contributed by atoms with Crippen LogP contribution in [0.15, 0.2) is 18.2 Å². The molecule has 0 fully saturated rings. The molecule has 0 aliphatic heterocycles. The summed E-state index contributed by atoms with van der Waals surface area (Å²) >= 11 is 0. The second kappa shape index (κ2) is 7.24. The van der Waals surface area contributed by atoms with E-state index in [4.69, 9.17) is 20.4 Å². The first-order valence-corrected chi connectivity index (χ1v) is 5.19. The minimum Gasteiger partial charge on any atom is -0.394 e. The van der Waals surface area contributed by atoms with E-state index < -0.39 is 0 Å². The Balaban J connectivity index is 2.63. The molecule has 0 aromatic heterocycles. The van der Waals surface area contributed by atoms with Crippen molar-refractivity contribution in [2.45, 2.75) is 0 Å². The zero-order valence-corrected chi connectivity index (χ0v) is 9.31. The van der Waals surface area contributed by atoms with E-state index in [9.17, 15) is 0 Å². The van der Waals surface area contributed by atoms with Crippen LogP contribution < -0.4 is 5.32 Å². The molecule has 17 heavy (non-hydrogen) atoms. The Morgan fingerprint density at radius 2 is 1.82 bits per heavy atom. The van der Waals surface area contributed by atoms with Crippen molar-refractivity contribution in [1.29, 1.82) is 10.5 Å². The van der Waals surface area contributed by atoms with Crippen LogP contribution in [-0.2, 0) is 4.74 Å². The van der Waals surface area contributed by atoms with Crippen molar-refractivity contribution in [2.75, 3.05) is 31.7 Å². The minimum absolute atomic E-state index is 0.0156. The van der Waals surface area contributed by atoms with Gasteiger partial charge in [-0.1, -0.05) is 6.07 Å². The number of hydrogen-bond donors (Lipinski definition) is 2. The molecule has 0 saturated carbocycles. The van der Waals surface area contributed by atoms with Crippen LogP contribution in [0.4, 0.5) is 5.69 Å². The molecule has 0 amide bonds. The van der Waals surface area contributed by atoms with Crippen LogP contribution in [-0.4, -0.2) is 31.5 Å². The van der Waals surface area contributed by atoms with Crippen molar-refractivity contribution in [2.24, 2.45) is 0 Å². The molecule has 0 saturated heterocycles. The first-order chi connectivity index (χ1) is 8.33. The number of nitrogens with one attached hydrogen (secondary N) is 1. The molecule has 0 unspecified atom stereocenters. The lowest BCUT2D eigenvalue weighted by Gasteiger charge is -2.09. The molecule has 0 bridgehead atoms. The van der Waals surface area contributed by atoms with Gasteiger partial charge in [0.25, 0.3) is 0 Å². The number of ether oxygens (including phenoxy) is 1. The Morgan fingerprint density at radius 1 is 1.18 bits per heavy atom. The van der Waals surface area contributed by atoms with Gasteiger partial charge in [-0.25, -0.2) is 0 Å². The molecule has 0 radical (unpaired) electrons. The summed E-state index contributed by atoms with van der Waals surface area (Å²) in [6, 6.07) is 9.03. The second-order valence-corrected chi connectivity index (χ2v) is 3.21. The van der Waals surface area contributed by atoms with Crippen molar-refractivity contribution in [3.05, 3.63) is 29.3 Å². The molecule has 5 nitrogen and oxygen atoms in total. The van der Waals surface area contributed by atoms with Gasteiger partial charge in [-0.15, -0.1) is 0 Å². The van der Waals surface area contributed by atoms with Gasteiger partial charge in [0.05, 0.1) is 36.6 Å². The number of aliphatic hydroxyl groups excluding tert-OH is 1. The maximum absolute atomic E-state index is 8.92. The molecule has 1 rings (SSSR count). The molecule has 0 spiro atoms. The number of nitriles is 2. The van der Waals surface area contributed by atoms with E-state index in [0.29, 0.717) is 30.0 Å². The normalized spacial score (nSPS) is 9.35. The molecule has 0 aliphatic rings. The Hall–Kier alpha value is -2.08. The van der Waals surface area contributed by atoms with E-state index >= 15 is 0 Å². The quantitative estimate of drug-likeness (QED) is 0.708. The third-order valence-corrected chi connectivity index (χ3v) is 2.09. The van der Waals surface area contributed by atoms with Gasteiger partial charge < -0.3 is 15.2 Å². The van der Waals surface area contributed by atoms with Crippen LogP contribution in [0.3, 0.4) is 0 Å². The van der Waals surface area contributed by atoms with E-state index in [-0.39, 0.29) is 13.2 Å². The van der Waals surface area contributed by atoms with Gasteiger partial charge in [0.15, 0.2) is 0 Å². The summed E-state index contributed by atoms with van der Waals surface area (Å²) in [4.78, 5) is 0. The van der Waals surface area contributed by atoms with Crippen LogP contribution in [0.2, 0.25) is 0 Å². The standard InChI is InChI=1S/C12H13N3O2/c13-8-10-2-1-3-11(9-14)12(10)15-4-6-17-7-5-16/h1-3,15-16H,4-7H2. The summed E-state index contributed by atoms with van der Waals surface area (Å²) in [5, 5.41) is 29.3.